The minimum absolute atomic E-state index is 0.218. The van der Waals surface area contributed by atoms with Crippen molar-refractivity contribution in [3.63, 3.8) is 0 Å². The predicted octanol–water partition coefficient (Wildman–Crippen LogP) is 5.01. The molecule has 0 bridgehead atoms. The Bertz CT molecular complexity index is 895. The molecule has 1 aromatic heterocycles. The molecule has 3 aromatic rings. The molecule has 0 spiro atoms. The molecule has 2 aromatic carbocycles. The van der Waals surface area contributed by atoms with Crippen molar-refractivity contribution in [1.82, 2.24) is 4.98 Å². The van der Waals surface area contributed by atoms with Crippen molar-refractivity contribution in [2.75, 3.05) is 6.61 Å². The van der Waals surface area contributed by atoms with Crippen LogP contribution in [0.4, 0.5) is 13.2 Å². The van der Waals surface area contributed by atoms with Crippen molar-refractivity contribution < 1.29 is 22.7 Å². The fraction of sp³-hybridized carbons (Fsp3) is 0.211. The van der Waals surface area contributed by atoms with Crippen LogP contribution >= 0.6 is 0 Å². The molecule has 0 aliphatic carbocycles. The fourth-order valence-corrected chi connectivity index (χ4v) is 2.71. The number of aromatic amines is 1. The molecule has 0 atom stereocenters. The number of carbonyl (C=O) groups excluding carboxylic acids is 1. The Hall–Kier alpha value is -2.76. The van der Waals surface area contributed by atoms with Crippen LogP contribution in [0.15, 0.2) is 48.7 Å². The van der Waals surface area contributed by atoms with Gasteiger partial charge in [-0.1, -0.05) is 25.1 Å². The zero-order chi connectivity index (χ0) is 18.0. The van der Waals surface area contributed by atoms with Crippen LogP contribution in [0.1, 0.15) is 28.4 Å². The lowest BCUT2D eigenvalue weighted by molar-refractivity contribution is -0.137. The van der Waals surface area contributed by atoms with E-state index in [9.17, 15) is 18.0 Å². The molecule has 130 valence electrons. The van der Waals surface area contributed by atoms with E-state index >= 15 is 0 Å². The highest BCUT2D eigenvalue weighted by Gasteiger charge is 2.30. The van der Waals surface area contributed by atoms with Gasteiger partial charge in [0.05, 0.1) is 5.56 Å². The third kappa shape index (κ3) is 3.52. The Labute approximate surface area is 142 Å². The molecule has 0 fully saturated rings. The van der Waals surface area contributed by atoms with Gasteiger partial charge in [-0.3, -0.25) is 4.79 Å². The summed E-state index contributed by atoms with van der Waals surface area (Å²) in [6.45, 7) is 1.79. The molecule has 0 saturated heterocycles. The van der Waals surface area contributed by atoms with E-state index < -0.39 is 11.7 Å². The number of ether oxygens (including phenoxy) is 1. The SMILES string of the molecule is CCc1cccc2c(C(=O)COc3ccc(C(F)(F)F)cc3)c[nH]c12. The molecule has 1 N–H and O–H groups in total. The van der Waals surface area contributed by atoms with Crippen LogP contribution in [0.25, 0.3) is 10.9 Å². The molecule has 0 aliphatic heterocycles. The Morgan fingerprint density at radius 3 is 2.48 bits per heavy atom. The largest absolute Gasteiger partial charge is 0.485 e. The van der Waals surface area contributed by atoms with Gasteiger partial charge in [0.1, 0.15) is 5.75 Å². The van der Waals surface area contributed by atoms with E-state index in [4.69, 9.17) is 4.74 Å². The smallest absolute Gasteiger partial charge is 0.416 e. The third-order valence-corrected chi connectivity index (χ3v) is 4.03. The van der Waals surface area contributed by atoms with Gasteiger partial charge in [-0.25, -0.2) is 0 Å². The summed E-state index contributed by atoms with van der Waals surface area (Å²) in [7, 11) is 0. The summed E-state index contributed by atoms with van der Waals surface area (Å²) >= 11 is 0. The van der Waals surface area contributed by atoms with Gasteiger partial charge in [-0.05, 0) is 36.2 Å². The molecule has 1 heterocycles. The number of H-pyrrole nitrogens is 1. The van der Waals surface area contributed by atoms with Crippen LogP contribution < -0.4 is 4.74 Å². The maximum atomic E-state index is 12.5. The van der Waals surface area contributed by atoms with Gasteiger partial charge in [-0.15, -0.1) is 0 Å². The number of hydrogen-bond acceptors (Lipinski definition) is 2. The second-order valence-corrected chi connectivity index (χ2v) is 5.63. The molecule has 3 nitrogen and oxygen atoms in total. The number of Topliss-reactive ketones (excluding diaryl/α,β-unsaturated/α-hetero) is 1. The number of aryl methyl sites for hydroxylation is 1. The molecule has 0 saturated carbocycles. The van der Waals surface area contributed by atoms with E-state index in [2.05, 4.69) is 4.98 Å². The number of nitrogens with one attached hydrogen (secondary N) is 1. The molecule has 3 rings (SSSR count). The monoisotopic (exact) mass is 347 g/mol. The highest BCUT2D eigenvalue weighted by Crippen LogP contribution is 2.30. The zero-order valence-corrected chi connectivity index (χ0v) is 13.5. The van der Waals surface area contributed by atoms with Gasteiger partial charge >= 0.3 is 6.18 Å². The summed E-state index contributed by atoms with van der Waals surface area (Å²) in [5, 5.41) is 0.820. The zero-order valence-electron chi connectivity index (χ0n) is 13.5. The maximum absolute atomic E-state index is 12.5. The molecule has 0 amide bonds. The summed E-state index contributed by atoms with van der Waals surface area (Å²) in [5.74, 6) is -0.0187. The molecular formula is C19H16F3NO2. The average Bonchev–Trinajstić information content (AvgIpc) is 3.03. The van der Waals surface area contributed by atoms with Crippen molar-refractivity contribution in [3.8, 4) is 5.75 Å². The lowest BCUT2D eigenvalue weighted by Crippen LogP contribution is -2.11. The van der Waals surface area contributed by atoms with E-state index in [0.717, 1.165) is 35.0 Å². The van der Waals surface area contributed by atoms with Crippen molar-refractivity contribution in [2.24, 2.45) is 0 Å². The Morgan fingerprint density at radius 1 is 1.12 bits per heavy atom. The first kappa shape index (κ1) is 17.1. The minimum Gasteiger partial charge on any atom is -0.485 e. The summed E-state index contributed by atoms with van der Waals surface area (Å²) in [4.78, 5) is 15.5. The van der Waals surface area contributed by atoms with Gasteiger partial charge in [0.2, 0.25) is 5.78 Å². The van der Waals surface area contributed by atoms with Gasteiger partial charge < -0.3 is 9.72 Å². The first-order valence-electron chi connectivity index (χ1n) is 7.82. The molecular weight excluding hydrogens is 331 g/mol. The van der Waals surface area contributed by atoms with E-state index in [1.54, 1.807) is 6.20 Å². The second kappa shape index (κ2) is 6.63. The van der Waals surface area contributed by atoms with Crippen LogP contribution in [-0.4, -0.2) is 17.4 Å². The third-order valence-electron chi connectivity index (χ3n) is 4.03. The number of aromatic nitrogens is 1. The summed E-state index contributed by atoms with van der Waals surface area (Å²) in [6, 6.07) is 10.0. The second-order valence-electron chi connectivity index (χ2n) is 5.63. The van der Waals surface area contributed by atoms with E-state index in [1.165, 1.54) is 12.1 Å². The van der Waals surface area contributed by atoms with Crippen LogP contribution in [0, 0.1) is 0 Å². The van der Waals surface area contributed by atoms with Gasteiger partial charge in [0, 0.05) is 22.7 Å². The van der Waals surface area contributed by atoms with E-state index in [-0.39, 0.29) is 18.1 Å². The Balaban J connectivity index is 1.73. The summed E-state index contributed by atoms with van der Waals surface area (Å²) < 4.78 is 42.9. The standard InChI is InChI=1S/C19H16F3NO2/c1-2-12-4-3-5-15-16(10-23-18(12)15)17(24)11-25-14-8-6-13(7-9-14)19(20,21)22/h3-10,23H,2,11H2,1H3. The number of benzene rings is 2. The van der Waals surface area contributed by atoms with Gasteiger partial charge in [0.25, 0.3) is 0 Å². The molecule has 0 radical (unpaired) electrons. The van der Waals surface area contributed by atoms with Crippen molar-refractivity contribution in [1.29, 1.82) is 0 Å². The highest BCUT2D eigenvalue weighted by atomic mass is 19.4. The quantitative estimate of drug-likeness (QED) is 0.659. The molecule has 6 heteroatoms. The van der Waals surface area contributed by atoms with Crippen LogP contribution in [0.3, 0.4) is 0 Å². The van der Waals surface area contributed by atoms with Crippen LogP contribution in [0.2, 0.25) is 0 Å². The van der Waals surface area contributed by atoms with Crippen molar-refractivity contribution in [3.05, 3.63) is 65.4 Å². The number of ketones is 1. The van der Waals surface area contributed by atoms with E-state index in [1.807, 2.05) is 25.1 Å². The lowest BCUT2D eigenvalue weighted by Gasteiger charge is -2.08. The first-order chi connectivity index (χ1) is 11.9. The van der Waals surface area contributed by atoms with Gasteiger partial charge in [-0.2, -0.15) is 13.2 Å². The minimum atomic E-state index is -4.39. The number of carbonyl (C=O) groups is 1. The Kier molecular flexibility index (Phi) is 4.53. The number of rotatable bonds is 5. The number of fused-ring (bicyclic) bond motifs is 1. The van der Waals surface area contributed by atoms with Crippen LogP contribution in [-0.2, 0) is 12.6 Å². The Morgan fingerprint density at radius 2 is 1.84 bits per heavy atom. The highest BCUT2D eigenvalue weighted by molar-refractivity contribution is 6.09. The number of hydrogen-bond donors (Lipinski definition) is 1. The fourth-order valence-electron chi connectivity index (χ4n) is 2.71. The van der Waals surface area contributed by atoms with E-state index in [0.29, 0.717) is 5.56 Å². The number of halogens is 3. The normalized spacial score (nSPS) is 11.7. The summed E-state index contributed by atoms with van der Waals surface area (Å²) in [5.41, 5.74) is 1.79. The summed E-state index contributed by atoms with van der Waals surface area (Å²) in [6.07, 6.45) is -1.91. The molecule has 0 aliphatic rings. The molecule has 0 unspecified atom stereocenters. The lowest BCUT2D eigenvalue weighted by atomic mass is 10.1. The van der Waals surface area contributed by atoms with Crippen molar-refractivity contribution in [2.45, 2.75) is 19.5 Å². The van der Waals surface area contributed by atoms with Crippen molar-refractivity contribution >= 4 is 16.7 Å². The average molecular weight is 347 g/mol. The topological polar surface area (TPSA) is 42.1 Å². The molecule has 25 heavy (non-hydrogen) atoms. The maximum Gasteiger partial charge on any atom is 0.416 e. The van der Waals surface area contributed by atoms with Gasteiger partial charge in [0.15, 0.2) is 6.61 Å². The first-order valence-corrected chi connectivity index (χ1v) is 7.82. The number of para-hydroxylation sites is 1. The van der Waals surface area contributed by atoms with Crippen LogP contribution in [0.5, 0.6) is 5.75 Å². The number of alkyl halides is 3. The predicted molar refractivity (Wildman–Crippen MR) is 88.9 cm³/mol.